The molecule has 1 fully saturated rings. The van der Waals surface area contributed by atoms with E-state index in [4.69, 9.17) is 21.1 Å². The van der Waals surface area contributed by atoms with Gasteiger partial charge in [-0.15, -0.1) is 0 Å². The molecule has 164 valence electrons. The van der Waals surface area contributed by atoms with E-state index in [0.717, 1.165) is 28.3 Å². The van der Waals surface area contributed by atoms with E-state index in [9.17, 15) is 4.79 Å². The number of anilines is 1. The van der Waals surface area contributed by atoms with Crippen molar-refractivity contribution in [1.82, 2.24) is 19.5 Å². The average Bonchev–Trinajstić information content (AvgIpc) is 3.15. The van der Waals surface area contributed by atoms with Gasteiger partial charge in [0.05, 0.1) is 24.7 Å². The zero-order valence-electron chi connectivity index (χ0n) is 18.1. The van der Waals surface area contributed by atoms with Crippen LogP contribution in [0.1, 0.15) is 20.8 Å². The molecule has 0 bridgehead atoms. The fraction of sp³-hybridized carbons (Fsp3) is 0.409. The predicted molar refractivity (Wildman–Crippen MR) is 120 cm³/mol. The molecule has 1 aliphatic heterocycles. The molecule has 0 unspecified atom stereocenters. The Labute approximate surface area is 186 Å². The molecule has 1 saturated heterocycles. The summed E-state index contributed by atoms with van der Waals surface area (Å²) in [6.45, 7) is 8.21. The number of nitrogens with zero attached hydrogens (tertiary/aromatic N) is 5. The summed E-state index contributed by atoms with van der Waals surface area (Å²) < 4.78 is 12.9. The Morgan fingerprint density at radius 2 is 1.84 bits per heavy atom. The largest absolute Gasteiger partial charge is 0.495 e. The summed E-state index contributed by atoms with van der Waals surface area (Å²) in [5, 5.41) is 4.75. The lowest BCUT2D eigenvalue weighted by Gasteiger charge is -2.37. The normalized spacial score (nSPS) is 14.7. The molecule has 1 amide bonds. The van der Waals surface area contributed by atoms with Crippen LogP contribution in [0.2, 0.25) is 5.15 Å². The van der Waals surface area contributed by atoms with E-state index in [0.29, 0.717) is 31.3 Å². The molecule has 1 aromatic carbocycles. The Balaban J connectivity index is 1.53. The first kappa shape index (κ1) is 21.2. The Bertz CT molecular complexity index is 1100. The number of amides is 1. The van der Waals surface area contributed by atoms with E-state index in [1.165, 1.54) is 0 Å². The summed E-state index contributed by atoms with van der Waals surface area (Å²) >= 11 is 6.06. The number of hydrogen-bond acceptors (Lipinski definition) is 6. The van der Waals surface area contributed by atoms with Crippen LogP contribution in [0.5, 0.6) is 5.75 Å². The number of imidazole rings is 1. The molecule has 3 aromatic rings. The van der Waals surface area contributed by atoms with Crippen LogP contribution in [-0.4, -0.2) is 64.5 Å². The number of hydrogen-bond donors (Lipinski definition) is 0. The van der Waals surface area contributed by atoms with Crippen LogP contribution in [0.3, 0.4) is 0 Å². The van der Waals surface area contributed by atoms with Gasteiger partial charge in [-0.2, -0.15) is 5.10 Å². The van der Waals surface area contributed by atoms with Crippen molar-refractivity contribution in [2.24, 2.45) is 0 Å². The van der Waals surface area contributed by atoms with Crippen molar-refractivity contribution < 1.29 is 14.3 Å². The number of piperazine rings is 1. The van der Waals surface area contributed by atoms with E-state index in [1.807, 2.05) is 45.0 Å². The van der Waals surface area contributed by atoms with Gasteiger partial charge in [-0.05, 0) is 45.0 Å². The van der Waals surface area contributed by atoms with Gasteiger partial charge in [0.15, 0.2) is 5.65 Å². The number of methoxy groups -OCH3 is 1. The second-order valence-corrected chi connectivity index (χ2v) is 8.80. The summed E-state index contributed by atoms with van der Waals surface area (Å²) in [7, 11) is 1.66. The van der Waals surface area contributed by atoms with Crippen LogP contribution >= 0.6 is 11.6 Å². The van der Waals surface area contributed by atoms with Crippen LogP contribution in [0.4, 0.5) is 10.5 Å². The smallest absolute Gasteiger partial charge is 0.410 e. The molecule has 4 rings (SSSR count). The Hall–Kier alpha value is -3.00. The second-order valence-electron chi connectivity index (χ2n) is 8.41. The van der Waals surface area contributed by atoms with Crippen molar-refractivity contribution >= 4 is 29.0 Å². The third-order valence-electron chi connectivity index (χ3n) is 5.08. The molecule has 2 aromatic heterocycles. The maximum Gasteiger partial charge on any atom is 0.410 e. The number of ether oxygens (including phenoxy) is 2. The van der Waals surface area contributed by atoms with Gasteiger partial charge in [-0.25, -0.2) is 14.3 Å². The van der Waals surface area contributed by atoms with Gasteiger partial charge in [0.25, 0.3) is 0 Å². The lowest BCUT2D eigenvalue weighted by molar-refractivity contribution is 0.0240. The molecule has 31 heavy (non-hydrogen) atoms. The third kappa shape index (κ3) is 4.54. The average molecular weight is 444 g/mol. The summed E-state index contributed by atoms with van der Waals surface area (Å²) in [5.41, 5.74) is 2.97. The first-order valence-corrected chi connectivity index (χ1v) is 10.5. The van der Waals surface area contributed by atoms with Gasteiger partial charge < -0.3 is 19.3 Å². The Kier molecular flexibility index (Phi) is 5.66. The van der Waals surface area contributed by atoms with Crippen LogP contribution in [0.15, 0.2) is 36.5 Å². The van der Waals surface area contributed by atoms with Crippen LogP contribution in [-0.2, 0) is 4.74 Å². The van der Waals surface area contributed by atoms with Crippen molar-refractivity contribution in [1.29, 1.82) is 0 Å². The van der Waals surface area contributed by atoms with E-state index in [-0.39, 0.29) is 6.09 Å². The van der Waals surface area contributed by atoms with Gasteiger partial charge in [0, 0.05) is 31.7 Å². The van der Waals surface area contributed by atoms with E-state index >= 15 is 0 Å². The van der Waals surface area contributed by atoms with Gasteiger partial charge in [-0.3, -0.25) is 0 Å². The number of halogens is 1. The number of carbonyl (C=O) groups excluding carboxylic acids is 1. The molecule has 0 N–H and O–H groups in total. The topological polar surface area (TPSA) is 72.2 Å². The lowest BCUT2D eigenvalue weighted by Crippen LogP contribution is -2.50. The molecular formula is C22H26ClN5O3. The summed E-state index contributed by atoms with van der Waals surface area (Å²) in [5.74, 6) is 0.750. The summed E-state index contributed by atoms with van der Waals surface area (Å²) in [6, 6.07) is 9.57. The van der Waals surface area contributed by atoms with Crippen molar-refractivity contribution in [2.75, 3.05) is 38.2 Å². The van der Waals surface area contributed by atoms with Crippen molar-refractivity contribution in [2.45, 2.75) is 26.4 Å². The van der Waals surface area contributed by atoms with Crippen LogP contribution < -0.4 is 9.64 Å². The minimum absolute atomic E-state index is 0.270. The SMILES string of the molecule is COc1cc(-c2cnc3ccc(Cl)nn23)ccc1N1CCN(C(=O)OC(C)(C)C)CC1. The van der Waals surface area contributed by atoms with Gasteiger partial charge >= 0.3 is 6.09 Å². The minimum atomic E-state index is -0.496. The Morgan fingerprint density at radius 3 is 2.52 bits per heavy atom. The lowest BCUT2D eigenvalue weighted by atomic mass is 10.1. The zero-order valence-corrected chi connectivity index (χ0v) is 18.9. The van der Waals surface area contributed by atoms with Crippen molar-refractivity contribution in [3.8, 4) is 17.0 Å². The standard InChI is InChI=1S/C22H26ClN5O3/c1-22(2,3)31-21(29)27-11-9-26(10-12-27)16-6-5-15(13-18(16)30-4)17-14-24-20-8-7-19(23)25-28(17)20/h5-8,13-14H,9-12H2,1-4H3. The minimum Gasteiger partial charge on any atom is -0.495 e. The molecule has 8 nitrogen and oxygen atoms in total. The van der Waals surface area contributed by atoms with E-state index in [2.05, 4.69) is 15.0 Å². The van der Waals surface area contributed by atoms with Gasteiger partial charge in [0.1, 0.15) is 16.5 Å². The van der Waals surface area contributed by atoms with Crippen LogP contribution in [0.25, 0.3) is 16.9 Å². The molecule has 0 spiro atoms. The molecule has 0 atom stereocenters. The summed E-state index contributed by atoms with van der Waals surface area (Å²) in [6.07, 6.45) is 1.50. The molecule has 9 heteroatoms. The van der Waals surface area contributed by atoms with E-state index < -0.39 is 5.60 Å². The molecule has 0 aliphatic carbocycles. The van der Waals surface area contributed by atoms with Crippen LogP contribution in [0, 0.1) is 0 Å². The molecule has 3 heterocycles. The highest BCUT2D eigenvalue weighted by atomic mass is 35.5. The predicted octanol–water partition coefficient (Wildman–Crippen LogP) is 4.12. The highest BCUT2D eigenvalue weighted by Crippen LogP contribution is 2.34. The van der Waals surface area contributed by atoms with Crippen molar-refractivity contribution in [3.05, 3.63) is 41.7 Å². The summed E-state index contributed by atoms with van der Waals surface area (Å²) in [4.78, 5) is 20.7. The zero-order chi connectivity index (χ0) is 22.2. The molecule has 0 saturated carbocycles. The first-order chi connectivity index (χ1) is 14.7. The second kappa shape index (κ2) is 8.26. The van der Waals surface area contributed by atoms with E-state index in [1.54, 1.807) is 28.8 Å². The van der Waals surface area contributed by atoms with Gasteiger partial charge in [0.2, 0.25) is 0 Å². The highest BCUT2D eigenvalue weighted by molar-refractivity contribution is 6.29. The maximum absolute atomic E-state index is 12.3. The van der Waals surface area contributed by atoms with Crippen molar-refractivity contribution in [3.63, 3.8) is 0 Å². The quantitative estimate of drug-likeness (QED) is 0.606. The number of rotatable bonds is 3. The monoisotopic (exact) mass is 443 g/mol. The fourth-order valence-electron chi connectivity index (χ4n) is 3.60. The third-order valence-corrected chi connectivity index (χ3v) is 5.28. The fourth-order valence-corrected chi connectivity index (χ4v) is 3.74. The maximum atomic E-state index is 12.3. The number of benzene rings is 1. The molecule has 0 radical (unpaired) electrons. The highest BCUT2D eigenvalue weighted by Gasteiger charge is 2.27. The number of carbonyl (C=O) groups is 1. The molecule has 1 aliphatic rings. The first-order valence-electron chi connectivity index (χ1n) is 10.2. The Morgan fingerprint density at radius 1 is 1.10 bits per heavy atom. The van der Waals surface area contributed by atoms with Gasteiger partial charge in [-0.1, -0.05) is 17.7 Å². The number of aromatic nitrogens is 3. The molecular weight excluding hydrogens is 418 g/mol. The number of fused-ring (bicyclic) bond motifs is 1.